The van der Waals surface area contributed by atoms with Crippen LogP contribution >= 0.6 is 15.9 Å². The molecule has 0 aliphatic carbocycles. The average Bonchev–Trinajstić information content (AvgIpc) is 2.33. The first-order valence-corrected chi connectivity index (χ1v) is 6.44. The first-order chi connectivity index (χ1) is 8.58. The lowest BCUT2D eigenvalue weighted by atomic mass is 10.2. The van der Waals surface area contributed by atoms with Crippen LogP contribution in [0.1, 0.15) is 11.3 Å². The highest BCUT2D eigenvalue weighted by Crippen LogP contribution is 2.23. The maximum absolute atomic E-state index is 4.35. The Labute approximate surface area is 115 Å². The van der Waals surface area contributed by atoms with E-state index in [9.17, 15) is 0 Å². The third-order valence-electron chi connectivity index (χ3n) is 2.52. The Balaban J connectivity index is 2.27. The van der Waals surface area contributed by atoms with Crippen molar-refractivity contribution in [2.75, 3.05) is 17.7 Å². The second kappa shape index (κ2) is 5.35. The number of aryl methyl sites for hydroxylation is 2. The number of hydrogen-bond acceptors (Lipinski definition) is 4. The summed E-state index contributed by atoms with van der Waals surface area (Å²) in [6.45, 7) is 4.00. The van der Waals surface area contributed by atoms with Crippen molar-refractivity contribution in [1.29, 1.82) is 0 Å². The number of benzene rings is 1. The highest BCUT2D eigenvalue weighted by Gasteiger charge is 2.02. The summed E-state index contributed by atoms with van der Waals surface area (Å²) in [6.07, 6.45) is 0. The van der Waals surface area contributed by atoms with Crippen molar-refractivity contribution in [3.05, 3.63) is 40.0 Å². The van der Waals surface area contributed by atoms with Crippen molar-refractivity contribution in [3.63, 3.8) is 0 Å². The van der Waals surface area contributed by atoms with Gasteiger partial charge in [0.05, 0.1) is 0 Å². The molecule has 0 saturated heterocycles. The Morgan fingerprint density at radius 2 is 1.89 bits per heavy atom. The molecule has 18 heavy (non-hydrogen) atoms. The molecular weight excluding hydrogens is 292 g/mol. The van der Waals surface area contributed by atoms with E-state index in [0.717, 1.165) is 21.7 Å². The second-order valence-electron chi connectivity index (χ2n) is 4.06. The van der Waals surface area contributed by atoms with Crippen LogP contribution < -0.4 is 10.6 Å². The standard InChI is InChI=1S/C13H15BrN4/c1-8-4-5-10(7-11(8)14)17-12-6-9(2)16-13(15-3)18-12/h4-7H,1-3H3,(H2,15,16,17,18). The first-order valence-electron chi connectivity index (χ1n) is 5.65. The summed E-state index contributed by atoms with van der Waals surface area (Å²) in [7, 11) is 1.81. The minimum absolute atomic E-state index is 0.615. The molecule has 2 rings (SSSR count). The smallest absolute Gasteiger partial charge is 0.224 e. The van der Waals surface area contributed by atoms with Gasteiger partial charge < -0.3 is 10.6 Å². The molecule has 2 aromatic rings. The number of rotatable bonds is 3. The van der Waals surface area contributed by atoms with E-state index >= 15 is 0 Å². The maximum atomic E-state index is 4.35. The number of hydrogen-bond donors (Lipinski definition) is 2. The van der Waals surface area contributed by atoms with Crippen LogP contribution in [0.4, 0.5) is 17.5 Å². The molecular formula is C13H15BrN4. The Morgan fingerprint density at radius 1 is 1.11 bits per heavy atom. The van der Waals surface area contributed by atoms with Crippen LogP contribution in [0.2, 0.25) is 0 Å². The summed E-state index contributed by atoms with van der Waals surface area (Å²) < 4.78 is 1.08. The number of halogens is 1. The zero-order valence-electron chi connectivity index (χ0n) is 10.6. The fraction of sp³-hybridized carbons (Fsp3) is 0.231. The Kier molecular flexibility index (Phi) is 3.81. The van der Waals surface area contributed by atoms with E-state index in [2.05, 4.69) is 49.5 Å². The first kappa shape index (κ1) is 12.8. The highest BCUT2D eigenvalue weighted by molar-refractivity contribution is 9.10. The number of aromatic nitrogens is 2. The lowest BCUT2D eigenvalue weighted by Crippen LogP contribution is -2.02. The van der Waals surface area contributed by atoms with Gasteiger partial charge in [-0.05, 0) is 31.5 Å². The van der Waals surface area contributed by atoms with Gasteiger partial charge in [0.25, 0.3) is 0 Å². The molecule has 0 saturated carbocycles. The van der Waals surface area contributed by atoms with Crippen LogP contribution in [-0.2, 0) is 0 Å². The molecule has 0 bridgehead atoms. The van der Waals surface area contributed by atoms with Gasteiger partial charge in [0.2, 0.25) is 5.95 Å². The van der Waals surface area contributed by atoms with Crippen LogP contribution in [0.25, 0.3) is 0 Å². The van der Waals surface area contributed by atoms with E-state index in [1.54, 1.807) is 7.05 Å². The third kappa shape index (κ3) is 2.98. The number of nitrogens with zero attached hydrogens (tertiary/aromatic N) is 2. The predicted molar refractivity (Wildman–Crippen MR) is 78.5 cm³/mol. The molecule has 0 fully saturated rings. The van der Waals surface area contributed by atoms with Gasteiger partial charge in [-0.2, -0.15) is 4.98 Å². The van der Waals surface area contributed by atoms with Gasteiger partial charge >= 0.3 is 0 Å². The third-order valence-corrected chi connectivity index (χ3v) is 3.38. The van der Waals surface area contributed by atoms with E-state index in [0.29, 0.717) is 5.95 Å². The minimum atomic E-state index is 0.615. The largest absolute Gasteiger partial charge is 0.357 e. The van der Waals surface area contributed by atoms with Crippen LogP contribution in [0, 0.1) is 13.8 Å². The molecule has 94 valence electrons. The molecule has 0 aliphatic heterocycles. The van der Waals surface area contributed by atoms with Crippen molar-refractivity contribution >= 4 is 33.4 Å². The normalized spacial score (nSPS) is 10.2. The summed E-state index contributed by atoms with van der Waals surface area (Å²) >= 11 is 3.52. The fourth-order valence-corrected chi connectivity index (χ4v) is 1.94. The fourth-order valence-electron chi connectivity index (χ4n) is 1.56. The minimum Gasteiger partial charge on any atom is -0.357 e. The predicted octanol–water partition coefficient (Wildman–Crippen LogP) is 3.64. The summed E-state index contributed by atoms with van der Waals surface area (Å²) in [5.41, 5.74) is 3.12. The van der Waals surface area contributed by atoms with Crippen molar-refractivity contribution in [3.8, 4) is 0 Å². The Hall–Kier alpha value is -1.62. The van der Waals surface area contributed by atoms with E-state index in [1.807, 2.05) is 25.1 Å². The summed E-state index contributed by atoms with van der Waals surface area (Å²) in [6, 6.07) is 8.02. The van der Waals surface area contributed by atoms with Gasteiger partial charge in [-0.3, -0.25) is 0 Å². The van der Waals surface area contributed by atoms with Crippen molar-refractivity contribution in [2.24, 2.45) is 0 Å². The highest BCUT2D eigenvalue weighted by atomic mass is 79.9. The topological polar surface area (TPSA) is 49.8 Å². The molecule has 0 aliphatic rings. The van der Waals surface area contributed by atoms with Crippen molar-refractivity contribution in [2.45, 2.75) is 13.8 Å². The van der Waals surface area contributed by atoms with E-state index in [1.165, 1.54) is 5.56 Å². The molecule has 0 radical (unpaired) electrons. The molecule has 0 amide bonds. The molecule has 4 nitrogen and oxygen atoms in total. The molecule has 1 heterocycles. The molecule has 5 heteroatoms. The Morgan fingerprint density at radius 3 is 2.56 bits per heavy atom. The van der Waals surface area contributed by atoms with E-state index in [-0.39, 0.29) is 0 Å². The lowest BCUT2D eigenvalue weighted by Gasteiger charge is -2.09. The van der Waals surface area contributed by atoms with Crippen molar-refractivity contribution in [1.82, 2.24) is 9.97 Å². The van der Waals surface area contributed by atoms with Gasteiger partial charge in [0.1, 0.15) is 5.82 Å². The quantitative estimate of drug-likeness (QED) is 0.909. The van der Waals surface area contributed by atoms with Gasteiger partial charge in [-0.1, -0.05) is 22.0 Å². The monoisotopic (exact) mass is 306 g/mol. The zero-order valence-corrected chi connectivity index (χ0v) is 12.2. The summed E-state index contributed by atoms with van der Waals surface area (Å²) in [4.78, 5) is 8.60. The van der Waals surface area contributed by atoms with Gasteiger partial charge in [-0.15, -0.1) is 0 Å². The molecule has 0 atom stereocenters. The number of nitrogens with one attached hydrogen (secondary N) is 2. The van der Waals surface area contributed by atoms with Gasteiger partial charge in [-0.25, -0.2) is 4.98 Å². The van der Waals surface area contributed by atoms with Crippen LogP contribution in [0.15, 0.2) is 28.7 Å². The Bertz CT molecular complexity index is 569. The van der Waals surface area contributed by atoms with Crippen LogP contribution in [-0.4, -0.2) is 17.0 Å². The molecule has 1 aromatic heterocycles. The molecule has 0 unspecified atom stereocenters. The van der Waals surface area contributed by atoms with E-state index in [4.69, 9.17) is 0 Å². The molecule has 2 N–H and O–H groups in total. The summed E-state index contributed by atoms with van der Waals surface area (Å²) in [5, 5.41) is 6.21. The summed E-state index contributed by atoms with van der Waals surface area (Å²) in [5.74, 6) is 1.39. The van der Waals surface area contributed by atoms with Crippen molar-refractivity contribution < 1.29 is 0 Å². The van der Waals surface area contributed by atoms with Gasteiger partial charge in [0.15, 0.2) is 0 Å². The average molecular weight is 307 g/mol. The SMILES string of the molecule is CNc1nc(C)cc(Nc2ccc(C)c(Br)c2)n1. The number of anilines is 3. The zero-order chi connectivity index (χ0) is 13.1. The molecule has 0 spiro atoms. The van der Waals surface area contributed by atoms with Crippen LogP contribution in [0.3, 0.4) is 0 Å². The second-order valence-corrected chi connectivity index (χ2v) is 4.91. The maximum Gasteiger partial charge on any atom is 0.224 e. The van der Waals surface area contributed by atoms with Gasteiger partial charge in [0, 0.05) is 29.0 Å². The van der Waals surface area contributed by atoms with Crippen LogP contribution in [0.5, 0.6) is 0 Å². The molecule has 1 aromatic carbocycles. The van der Waals surface area contributed by atoms with E-state index < -0.39 is 0 Å². The lowest BCUT2D eigenvalue weighted by molar-refractivity contribution is 1.10.